The van der Waals surface area contributed by atoms with Gasteiger partial charge in [-0.1, -0.05) is 11.6 Å². The molecule has 0 atom stereocenters. The van der Waals surface area contributed by atoms with Crippen molar-refractivity contribution in [2.75, 3.05) is 25.6 Å². The Kier molecular flexibility index (Phi) is 6.99. The van der Waals surface area contributed by atoms with E-state index < -0.39 is 0 Å². The van der Waals surface area contributed by atoms with Crippen LogP contribution in [-0.4, -0.2) is 48.3 Å². The fourth-order valence-corrected chi connectivity index (χ4v) is 2.75. The fraction of sp³-hybridized carbons (Fsp3) is 0.500. The van der Waals surface area contributed by atoms with Gasteiger partial charge >= 0.3 is 0 Å². The van der Waals surface area contributed by atoms with Crippen LogP contribution in [0.15, 0.2) is 24.3 Å². The first kappa shape index (κ1) is 17.9. The number of nitrogens with one attached hydrogen (secondary N) is 1. The number of piperidine rings is 1. The second kappa shape index (κ2) is 8.99. The summed E-state index contributed by atoms with van der Waals surface area (Å²) in [4.78, 5) is 25.4. The van der Waals surface area contributed by atoms with Crippen molar-refractivity contribution in [2.45, 2.75) is 25.3 Å². The van der Waals surface area contributed by atoms with Crippen LogP contribution in [0.25, 0.3) is 0 Å². The van der Waals surface area contributed by atoms with Gasteiger partial charge in [0.1, 0.15) is 5.75 Å². The molecule has 126 valence electrons. The third kappa shape index (κ3) is 5.92. The van der Waals surface area contributed by atoms with E-state index in [1.807, 2.05) is 0 Å². The minimum absolute atomic E-state index is 0.0347. The first-order valence-corrected chi connectivity index (χ1v) is 8.51. The summed E-state index contributed by atoms with van der Waals surface area (Å²) in [6.07, 6.45) is 1.87. The van der Waals surface area contributed by atoms with Gasteiger partial charge in [-0.2, -0.15) is 0 Å². The van der Waals surface area contributed by atoms with E-state index in [0.717, 1.165) is 12.8 Å². The molecular formula is C16H20Cl2N2O3. The zero-order valence-corrected chi connectivity index (χ0v) is 14.3. The first-order valence-electron chi connectivity index (χ1n) is 7.60. The van der Waals surface area contributed by atoms with Gasteiger partial charge in [-0.3, -0.25) is 9.59 Å². The molecule has 5 nitrogen and oxygen atoms in total. The molecule has 0 radical (unpaired) electrons. The summed E-state index contributed by atoms with van der Waals surface area (Å²) in [5.74, 6) is 0.865. The number of carbonyl (C=O) groups is 2. The number of carbonyl (C=O) groups excluding carboxylic acids is 2. The van der Waals surface area contributed by atoms with Crippen molar-refractivity contribution in [3.05, 3.63) is 29.3 Å². The van der Waals surface area contributed by atoms with E-state index in [0.29, 0.717) is 36.2 Å². The van der Waals surface area contributed by atoms with Crippen molar-refractivity contribution in [3.63, 3.8) is 0 Å². The van der Waals surface area contributed by atoms with Crippen LogP contribution in [0.3, 0.4) is 0 Å². The molecule has 1 aliphatic rings. The van der Waals surface area contributed by atoms with Gasteiger partial charge in [0.15, 0.2) is 6.61 Å². The van der Waals surface area contributed by atoms with Crippen molar-refractivity contribution in [2.24, 2.45) is 0 Å². The molecule has 0 spiro atoms. The number of hydrogen-bond donors (Lipinski definition) is 1. The molecule has 1 aliphatic heterocycles. The van der Waals surface area contributed by atoms with E-state index in [-0.39, 0.29) is 24.5 Å². The monoisotopic (exact) mass is 358 g/mol. The predicted octanol–water partition coefficient (Wildman–Crippen LogP) is 2.45. The van der Waals surface area contributed by atoms with Crippen LogP contribution in [0.4, 0.5) is 0 Å². The maximum Gasteiger partial charge on any atom is 0.258 e. The number of ether oxygens (including phenoxy) is 1. The highest BCUT2D eigenvalue weighted by Crippen LogP contribution is 2.15. The summed E-state index contributed by atoms with van der Waals surface area (Å²) in [6.45, 7) is 1.27. The molecule has 0 aliphatic carbocycles. The number of hydrogen-bond acceptors (Lipinski definition) is 3. The average molecular weight is 359 g/mol. The van der Waals surface area contributed by atoms with Gasteiger partial charge in [0.25, 0.3) is 5.91 Å². The second-order valence-corrected chi connectivity index (χ2v) is 6.22. The number of nitrogens with zero attached hydrogens (tertiary/aromatic N) is 1. The van der Waals surface area contributed by atoms with E-state index in [4.69, 9.17) is 27.9 Å². The third-order valence-corrected chi connectivity index (χ3v) is 4.15. The molecule has 0 bridgehead atoms. The molecule has 1 N–H and O–H groups in total. The highest BCUT2D eigenvalue weighted by atomic mass is 35.5. The Labute approximate surface area is 145 Å². The summed E-state index contributed by atoms with van der Waals surface area (Å²) in [5.41, 5.74) is 0. The van der Waals surface area contributed by atoms with E-state index in [9.17, 15) is 9.59 Å². The lowest BCUT2D eigenvalue weighted by Crippen LogP contribution is -2.47. The van der Waals surface area contributed by atoms with Crippen LogP contribution < -0.4 is 10.1 Å². The van der Waals surface area contributed by atoms with Gasteiger partial charge in [-0.25, -0.2) is 0 Å². The van der Waals surface area contributed by atoms with E-state index in [1.54, 1.807) is 29.2 Å². The Bertz CT molecular complexity index is 529. The molecule has 1 saturated heterocycles. The SMILES string of the molecule is O=C(COc1ccc(Cl)cc1)NC1CCN(C(=O)CCCl)CC1. The summed E-state index contributed by atoms with van der Waals surface area (Å²) >= 11 is 11.4. The second-order valence-electron chi connectivity index (χ2n) is 5.40. The summed E-state index contributed by atoms with van der Waals surface area (Å²) < 4.78 is 5.41. The number of benzene rings is 1. The van der Waals surface area contributed by atoms with Crippen molar-refractivity contribution >= 4 is 35.0 Å². The van der Waals surface area contributed by atoms with Gasteiger partial charge in [0, 0.05) is 36.5 Å². The molecule has 0 unspecified atom stereocenters. The van der Waals surface area contributed by atoms with Crippen LogP contribution >= 0.6 is 23.2 Å². The van der Waals surface area contributed by atoms with Crippen LogP contribution in [0.1, 0.15) is 19.3 Å². The molecule has 2 amide bonds. The lowest BCUT2D eigenvalue weighted by Gasteiger charge is -2.32. The Balaban J connectivity index is 1.68. The largest absolute Gasteiger partial charge is 0.484 e. The third-order valence-electron chi connectivity index (χ3n) is 3.70. The molecule has 7 heteroatoms. The van der Waals surface area contributed by atoms with Gasteiger partial charge in [0.05, 0.1) is 0 Å². The minimum Gasteiger partial charge on any atom is -0.484 e. The molecule has 1 heterocycles. The van der Waals surface area contributed by atoms with Crippen LogP contribution in [-0.2, 0) is 9.59 Å². The highest BCUT2D eigenvalue weighted by Gasteiger charge is 2.23. The maximum absolute atomic E-state index is 11.9. The van der Waals surface area contributed by atoms with Crippen LogP contribution in [0.2, 0.25) is 5.02 Å². The molecule has 0 saturated carbocycles. The van der Waals surface area contributed by atoms with E-state index in [1.165, 1.54) is 0 Å². The average Bonchev–Trinajstić information content (AvgIpc) is 2.55. The topological polar surface area (TPSA) is 58.6 Å². The molecule has 1 fully saturated rings. The fourth-order valence-electron chi connectivity index (χ4n) is 2.46. The quantitative estimate of drug-likeness (QED) is 0.794. The normalized spacial score (nSPS) is 15.3. The van der Waals surface area contributed by atoms with E-state index >= 15 is 0 Å². The maximum atomic E-state index is 11.9. The van der Waals surface area contributed by atoms with Gasteiger partial charge < -0.3 is 15.0 Å². The molecule has 2 rings (SSSR count). The van der Waals surface area contributed by atoms with Crippen molar-refractivity contribution < 1.29 is 14.3 Å². The lowest BCUT2D eigenvalue weighted by molar-refractivity contribution is -0.132. The van der Waals surface area contributed by atoms with Gasteiger partial charge in [-0.15, -0.1) is 11.6 Å². The number of alkyl halides is 1. The first-order chi connectivity index (χ1) is 11.1. The molecular weight excluding hydrogens is 339 g/mol. The van der Waals surface area contributed by atoms with Gasteiger partial charge in [0.2, 0.25) is 5.91 Å². The zero-order chi connectivity index (χ0) is 16.7. The number of amides is 2. The van der Waals surface area contributed by atoms with Crippen molar-refractivity contribution in [1.82, 2.24) is 10.2 Å². The standard InChI is InChI=1S/C16H20Cl2N2O3/c17-8-5-16(22)20-9-6-13(7-10-20)19-15(21)11-23-14-3-1-12(18)2-4-14/h1-4,13H,5-11H2,(H,19,21). The number of likely N-dealkylation sites (tertiary alicyclic amines) is 1. The lowest BCUT2D eigenvalue weighted by atomic mass is 10.0. The summed E-state index contributed by atoms with van der Waals surface area (Å²) in [6, 6.07) is 6.94. The van der Waals surface area contributed by atoms with Gasteiger partial charge in [-0.05, 0) is 37.1 Å². The number of halogens is 2. The zero-order valence-electron chi connectivity index (χ0n) is 12.8. The molecule has 1 aromatic carbocycles. The smallest absolute Gasteiger partial charge is 0.258 e. The highest BCUT2D eigenvalue weighted by molar-refractivity contribution is 6.30. The van der Waals surface area contributed by atoms with Crippen LogP contribution in [0, 0.1) is 0 Å². The summed E-state index contributed by atoms with van der Waals surface area (Å²) in [7, 11) is 0. The minimum atomic E-state index is -0.162. The molecule has 1 aromatic rings. The van der Waals surface area contributed by atoms with Crippen molar-refractivity contribution in [3.8, 4) is 5.75 Å². The Morgan fingerprint density at radius 3 is 2.48 bits per heavy atom. The van der Waals surface area contributed by atoms with E-state index in [2.05, 4.69) is 5.32 Å². The Morgan fingerprint density at radius 2 is 1.87 bits per heavy atom. The molecule has 23 heavy (non-hydrogen) atoms. The summed E-state index contributed by atoms with van der Waals surface area (Å²) in [5, 5.41) is 3.56. The Hall–Kier alpha value is -1.46. The van der Waals surface area contributed by atoms with Crippen molar-refractivity contribution in [1.29, 1.82) is 0 Å². The Morgan fingerprint density at radius 1 is 1.22 bits per heavy atom. The predicted molar refractivity (Wildman–Crippen MR) is 90.0 cm³/mol. The number of rotatable bonds is 6. The molecule has 0 aromatic heterocycles. The van der Waals surface area contributed by atoms with Crippen LogP contribution in [0.5, 0.6) is 5.75 Å².